The van der Waals surface area contributed by atoms with Crippen molar-refractivity contribution in [3.05, 3.63) is 42.5 Å². The van der Waals surface area contributed by atoms with Gasteiger partial charge in [0.2, 0.25) is 0 Å². The molecule has 0 bridgehead atoms. The molecule has 0 amide bonds. The van der Waals surface area contributed by atoms with Gasteiger partial charge < -0.3 is 15.3 Å². The van der Waals surface area contributed by atoms with Gasteiger partial charge in [0.15, 0.2) is 5.96 Å². The molecule has 5 heteroatoms. The van der Waals surface area contributed by atoms with Crippen LogP contribution in [-0.4, -0.2) is 36.7 Å². The van der Waals surface area contributed by atoms with Crippen LogP contribution in [0, 0.1) is 0 Å². The molecule has 0 aliphatic carbocycles. The maximum Gasteiger partial charge on any atom is 0.335 e. The van der Waals surface area contributed by atoms with Crippen LogP contribution in [0.25, 0.3) is 0 Å². The van der Waals surface area contributed by atoms with Crippen molar-refractivity contribution in [2.24, 2.45) is 4.99 Å². The van der Waals surface area contributed by atoms with Gasteiger partial charge in [0.05, 0.1) is 5.56 Å². The molecule has 2 rings (SSSR count). The molecule has 0 saturated carbocycles. The Morgan fingerprint density at radius 2 is 2.21 bits per heavy atom. The first-order valence-corrected chi connectivity index (χ1v) is 6.22. The summed E-state index contributed by atoms with van der Waals surface area (Å²) in [5.74, 6) is -0.0990. The van der Waals surface area contributed by atoms with Gasteiger partial charge in [-0.3, -0.25) is 4.99 Å². The Bertz CT molecular complexity index is 494. The third-order valence-corrected chi connectivity index (χ3v) is 2.89. The van der Waals surface area contributed by atoms with Crippen molar-refractivity contribution in [1.29, 1.82) is 0 Å². The summed E-state index contributed by atoms with van der Waals surface area (Å²) in [5.41, 5.74) is 1.23. The van der Waals surface area contributed by atoms with E-state index in [2.05, 4.69) is 21.8 Å². The zero-order valence-electron chi connectivity index (χ0n) is 10.7. The molecule has 1 aliphatic rings. The number of nitrogens with one attached hydrogen (secondary N) is 1. The third kappa shape index (κ3) is 3.13. The van der Waals surface area contributed by atoms with E-state index in [1.54, 1.807) is 30.3 Å². The van der Waals surface area contributed by atoms with Crippen LogP contribution >= 0.6 is 0 Å². The van der Waals surface area contributed by atoms with Gasteiger partial charge in [-0.2, -0.15) is 0 Å². The molecule has 0 radical (unpaired) electrons. The van der Waals surface area contributed by atoms with Gasteiger partial charge in [0, 0.05) is 25.3 Å². The maximum absolute atomic E-state index is 10.8. The maximum atomic E-state index is 10.8. The Morgan fingerprint density at radius 3 is 2.84 bits per heavy atom. The number of carboxylic acid groups (broad SMARTS) is 1. The normalized spacial score (nSPS) is 14.7. The van der Waals surface area contributed by atoms with Gasteiger partial charge in [-0.15, -0.1) is 6.58 Å². The first-order valence-electron chi connectivity index (χ1n) is 6.22. The number of benzene rings is 1. The standard InChI is InChI=1S/C14H17N3O2/c1-2-8-15-14-16-9-3-10-17(14)12-6-4-11(5-7-12)13(18)19/h2,4-7H,1,3,8-10H2,(H,15,16)(H,18,19). The summed E-state index contributed by atoms with van der Waals surface area (Å²) in [4.78, 5) is 17.3. The predicted molar refractivity (Wildman–Crippen MR) is 75.9 cm³/mol. The fraction of sp³-hybridized carbons (Fsp3) is 0.286. The highest BCUT2D eigenvalue weighted by Crippen LogP contribution is 2.18. The van der Waals surface area contributed by atoms with Crippen molar-refractivity contribution in [2.45, 2.75) is 6.42 Å². The number of guanidine groups is 1. The summed E-state index contributed by atoms with van der Waals surface area (Å²) in [6.07, 6.45) is 2.77. The lowest BCUT2D eigenvalue weighted by Gasteiger charge is -2.29. The highest BCUT2D eigenvalue weighted by atomic mass is 16.4. The van der Waals surface area contributed by atoms with Gasteiger partial charge in [0.25, 0.3) is 0 Å². The lowest BCUT2D eigenvalue weighted by Crippen LogP contribution is -2.44. The molecular formula is C14H17N3O2. The van der Waals surface area contributed by atoms with E-state index in [4.69, 9.17) is 5.11 Å². The van der Waals surface area contributed by atoms with Gasteiger partial charge in [0.1, 0.15) is 0 Å². The van der Waals surface area contributed by atoms with Crippen molar-refractivity contribution in [3.63, 3.8) is 0 Å². The molecule has 0 atom stereocenters. The first kappa shape index (κ1) is 13.1. The molecule has 19 heavy (non-hydrogen) atoms. The van der Waals surface area contributed by atoms with Crippen LogP contribution in [0.5, 0.6) is 0 Å². The highest BCUT2D eigenvalue weighted by molar-refractivity contribution is 5.97. The van der Waals surface area contributed by atoms with E-state index in [1.807, 2.05) is 0 Å². The van der Waals surface area contributed by atoms with E-state index in [0.717, 1.165) is 31.2 Å². The molecule has 1 aromatic carbocycles. The average molecular weight is 259 g/mol. The quantitative estimate of drug-likeness (QED) is 0.808. The van der Waals surface area contributed by atoms with Gasteiger partial charge in [-0.25, -0.2) is 4.79 Å². The molecule has 0 spiro atoms. The first-order chi connectivity index (χ1) is 9.22. The molecule has 1 aliphatic heterocycles. The van der Waals surface area contributed by atoms with Crippen molar-refractivity contribution in [1.82, 2.24) is 5.32 Å². The SMILES string of the molecule is C=CCNC1=NCCCN1c1ccc(C(=O)O)cc1. The molecular weight excluding hydrogens is 242 g/mol. The van der Waals surface area contributed by atoms with Crippen molar-refractivity contribution in [2.75, 3.05) is 24.5 Å². The van der Waals surface area contributed by atoms with Crippen molar-refractivity contribution >= 4 is 17.6 Å². The summed E-state index contributed by atoms with van der Waals surface area (Å²) in [6.45, 7) is 6.01. The summed E-state index contributed by atoms with van der Waals surface area (Å²) in [5, 5.41) is 12.1. The zero-order valence-corrected chi connectivity index (χ0v) is 10.7. The van der Waals surface area contributed by atoms with Gasteiger partial charge in [-0.05, 0) is 30.7 Å². The minimum Gasteiger partial charge on any atom is -0.478 e. The predicted octanol–water partition coefficient (Wildman–Crippen LogP) is 1.73. The number of nitrogens with zero attached hydrogens (tertiary/aromatic N) is 2. The smallest absolute Gasteiger partial charge is 0.335 e. The molecule has 2 N–H and O–H groups in total. The second-order valence-corrected chi connectivity index (χ2v) is 4.23. The van der Waals surface area contributed by atoms with E-state index >= 15 is 0 Å². The van der Waals surface area contributed by atoms with Crippen LogP contribution < -0.4 is 10.2 Å². The second-order valence-electron chi connectivity index (χ2n) is 4.23. The minimum absolute atomic E-state index is 0.290. The van der Waals surface area contributed by atoms with Crippen LogP contribution in [0.2, 0.25) is 0 Å². The largest absolute Gasteiger partial charge is 0.478 e. The van der Waals surface area contributed by atoms with Crippen LogP contribution in [-0.2, 0) is 0 Å². The van der Waals surface area contributed by atoms with Crippen molar-refractivity contribution < 1.29 is 9.90 Å². The van der Waals surface area contributed by atoms with E-state index in [9.17, 15) is 4.79 Å². The van der Waals surface area contributed by atoms with Crippen LogP contribution in [0.1, 0.15) is 16.8 Å². The zero-order chi connectivity index (χ0) is 13.7. The molecule has 5 nitrogen and oxygen atoms in total. The third-order valence-electron chi connectivity index (χ3n) is 2.89. The summed E-state index contributed by atoms with van der Waals surface area (Å²) in [7, 11) is 0. The Morgan fingerprint density at radius 1 is 1.47 bits per heavy atom. The Labute approximate surface area is 112 Å². The van der Waals surface area contributed by atoms with Crippen molar-refractivity contribution in [3.8, 4) is 0 Å². The number of hydrogen-bond donors (Lipinski definition) is 2. The van der Waals surface area contributed by atoms with E-state index in [-0.39, 0.29) is 0 Å². The van der Waals surface area contributed by atoms with Gasteiger partial charge in [-0.1, -0.05) is 6.08 Å². The topological polar surface area (TPSA) is 64.9 Å². The summed E-state index contributed by atoms with van der Waals surface area (Å²) < 4.78 is 0. The van der Waals surface area contributed by atoms with E-state index in [1.165, 1.54) is 0 Å². The Kier molecular flexibility index (Phi) is 4.18. The van der Waals surface area contributed by atoms with Crippen LogP contribution in [0.15, 0.2) is 41.9 Å². The van der Waals surface area contributed by atoms with Crippen LogP contribution in [0.3, 0.4) is 0 Å². The molecule has 1 heterocycles. The van der Waals surface area contributed by atoms with Gasteiger partial charge >= 0.3 is 5.97 Å². The number of anilines is 1. The van der Waals surface area contributed by atoms with Crippen LogP contribution in [0.4, 0.5) is 5.69 Å². The number of aliphatic imine (C=N–C) groups is 1. The lowest BCUT2D eigenvalue weighted by molar-refractivity contribution is 0.0697. The summed E-state index contributed by atoms with van der Waals surface area (Å²) in [6, 6.07) is 6.83. The van der Waals surface area contributed by atoms with E-state index < -0.39 is 5.97 Å². The number of hydrogen-bond acceptors (Lipinski definition) is 4. The molecule has 0 fully saturated rings. The minimum atomic E-state index is -0.913. The molecule has 1 aromatic rings. The number of carboxylic acids is 1. The molecule has 100 valence electrons. The lowest BCUT2D eigenvalue weighted by atomic mass is 10.2. The number of carbonyl (C=O) groups is 1. The number of rotatable bonds is 4. The monoisotopic (exact) mass is 259 g/mol. The molecule has 0 unspecified atom stereocenters. The Balaban J connectivity index is 2.18. The van der Waals surface area contributed by atoms with E-state index in [0.29, 0.717) is 12.1 Å². The fourth-order valence-electron chi connectivity index (χ4n) is 1.96. The Hall–Kier alpha value is -2.30. The number of aromatic carboxylic acids is 1. The summed E-state index contributed by atoms with van der Waals surface area (Å²) >= 11 is 0. The second kappa shape index (κ2) is 6.04. The molecule has 0 saturated heterocycles. The molecule has 0 aromatic heterocycles. The fourth-order valence-corrected chi connectivity index (χ4v) is 1.96. The highest BCUT2D eigenvalue weighted by Gasteiger charge is 2.16. The average Bonchev–Trinajstić information content (AvgIpc) is 2.45.